The third-order valence-corrected chi connectivity index (χ3v) is 3.39. The van der Waals surface area contributed by atoms with Gasteiger partial charge >= 0.3 is 12.0 Å². The molecular weight excluding hydrogens is 284 g/mol. The maximum atomic E-state index is 11.7. The summed E-state index contributed by atoms with van der Waals surface area (Å²) >= 11 is 0. The standard InChI is InChI=1S/C16H24N2O4/c1-16(2,8-3-9-19)11-18-15(22)17-10-12-4-6-13(7-5-12)14(20)21/h4-7,19H,3,8-11H2,1-2H3,(H,20,21)(H2,17,18,22). The zero-order valence-corrected chi connectivity index (χ0v) is 13.1. The Hall–Kier alpha value is -2.08. The predicted molar refractivity (Wildman–Crippen MR) is 83.7 cm³/mol. The number of aromatic carboxylic acids is 1. The molecule has 0 aliphatic rings. The minimum absolute atomic E-state index is 0.0663. The van der Waals surface area contributed by atoms with Gasteiger partial charge in [0.1, 0.15) is 0 Å². The van der Waals surface area contributed by atoms with Crippen molar-refractivity contribution in [3.63, 3.8) is 0 Å². The van der Waals surface area contributed by atoms with E-state index >= 15 is 0 Å². The topological polar surface area (TPSA) is 98.7 Å². The lowest BCUT2D eigenvalue weighted by molar-refractivity contribution is 0.0697. The third-order valence-electron chi connectivity index (χ3n) is 3.39. The van der Waals surface area contributed by atoms with Crippen LogP contribution in [0.4, 0.5) is 4.79 Å². The highest BCUT2D eigenvalue weighted by Gasteiger charge is 2.18. The lowest BCUT2D eigenvalue weighted by atomic mass is 9.88. The molecule has 0 aliphatic heterocycles. The van der Waals surface area contributed by atoms with E-state index in [1.165, 1.54) is 12.1 Å². The van der Waals surface area contributed by atoms with Gasteiger partial charge in [0.25, 0.3) is 0 Å². The van der Waals surface area contributed by atoms with Crippen molar-refractivity contribution in [1.82, 2.24) is 10.6 Å². The van der Waals surface area contributed by atoms with E-state index in [2.05, 4.69) is 10.6 Å². The van der Waals surface area contributed by atoms with Gasteiger partial charge in [0.05, 0.1) is 5.56 Å². The fraction of sp³-hybridized carbons (Fsp3) is 0.500. The Kier molecular flexibility index (Phi) is 6.85. The fourth-order valence-electron chi connectivity index (χ4n) is 1.98. The number of carboxylic acid groups (broad SMARTS) is 1. The first kappa shape index (κ1) is 18.0. The number of aliphatic hydroxyl groups is 1. The maximum absolute atomic E-state index is 11.7. The van der Waals surface area contributed by atoms with E-state index < -0.39 is 5.97 Å². The van der Waals surface area contributed by atoms with E-state index in [0.717, 1.165) is 12.0 Å². The molecule has 0 saturated heterocycles. The number of amides is 2. The van der Waals surface area contributed by atoms with E-state index in [0.29, 0.717) is 19.5 Å². The predicted octanol–water partition coefficient (Wildman–Crippen LogP) is 1.98. The molecule has 1 aromatic rings. The molecule has 0 spiro atoms. The van der Waals surface area contributed by atoms with Gasteiger partial charge in [-0.05, 0) is 36.0 Å². The van der Waals surface area contributed by atoms with Crippen molar-refractivity contribution in [3.8, 4) is 0 Å². The number of hydrogen-bond acceptors (Lipinski definition) is 3. The molecule has 0 atom stereocenters. The molecule has 1 rings (SSSR count). The van der Waals surface area contributed by atoms with Crippen LogP contribution in [0.2, 0.25) is 0 Å². The highest BCUT2D eigenvalue weighted by Crippen LogP contribution is 2.20. The van der Waals surface area contributed by atoms with Crippen molar-refractivity contribution in [3.05, 3.63) is 35.4 Å². The summed E-state index contributed by atoms with van der Waals surface area (Å²) in [6.45, 7) is 5.09. The van der Waals surface area contributed by atoms with Crippen LogP contribution in [-0.4, -0.2) is 35.4 Å². The second-order valence-corrected chi connectivity index (χ2v) is 6.03. The molecule has 0 radical (unpaired) electrons. The van der Waals surface area contributed by atoms with Gasteiger partial charge in [0, 0.05) is 19.7 Å². The molecule has 4 N–H and O–H groups in total. The van der Waals surface area contributed by atoms with Crippen molar-refractivity contribution in [1.29, 1.82) is 0 Å². The minimum atomic E-state index is -0.970. The highest BCUT2D eigenvalue weighted by molar-refractivity contribution is 5.87. The molecule has 6 nitrogen and oxygen atoms in total. The van der Waals surface area contributed by atoms with Gasteiger partial charge in [-0.15, -0.1) is 0 Å². The summed E-state index contributed by atoms with van der Waals surface area (Å²) in [6, 6.07) is 6.10. The molecule has 0 aromatic heterocycles. The number of benzene rings is 1. The number of carbonyl (C=O) groups excluding carboxylic acids is 1. The van der Waals surface area contributed by atoms with Crippen LogP contribution >= 0.6 is 0 Å². The number of urea groups is 1. The first-order valence-electron chi connectivity index (χ1n) is 7.29. The summed E-state index contributed by atoms with van der Waals surface area (Å²) < 4.78 is 0. The van der Waals surface area contributed by atoms with Crippen LogP contribution in [0.5, 0.6) is 0 Å². The summed E-state index contributed by atoms with van der Waals surface area (Å²) in [5.41, 5.74) is 0.988. The maximum Gasteiger partial charge on any atom is 0.335 e. The Morgan fingerprint density at radius 2 is 1.77 bits per heavy atom. The average Bonchev–Trinajstić information content (AvgIpc) is 2.49. The van der Waals surface area contributed by atoms with Crippen LogP contribution in [0.1, 0.15) is 42.6 Å². The zero-order chi connectivity index (χ0) is 16.6. The van der Waals surface area contributed by atoms with Gasteiger partial charge in [-0.2, -0.15) is 0 Å². The van der Waals surface area contributed by atoms with Gasteiger partial charge < -0.3 is 20.8 Å². The van der Waals surface area contributed by atoms with Crippen LogP contribution in [0.25, 0.3) is 0 Å². The molecule has 1 aromatic carbocycles. The van der Waals surface area contributed by atoms with Gasteiger partial charge in [0.2, 0.25) is 0 Å². The Morgan fingerprint density at radius 1 is 1.14 bits per heavy atom. The Balaban J connectivity index is 2.35. The van der Waals surface area contributed by atoms with Crippen molar-refractivity contribution in [2.75, 3.05) is 13.2 Å². The van der Waals surface area contributed by atoms with Gasteiger partial charge in [-0.25, -0.2) is 9.59 Å². The summed E-state index contributed by atoms with van der Waals surface area (Å²) in [5, 5.41) is 23.2. The number of carboxylic acids is 1. The molecule has 122 valence electrons. The first-order valence-corrected chi connectivity index (χ1v) is 7.29. The van der Waals surface area contributed by atoms with E-state index in [-0.39, 0.29) is 23.6 Å². The average molecular weight is 308 g/mol. The molecule has 0 saturated carbocycles. The lowest BCUT2D eigenvalue weighted by Gasteiger charge is -2.24. The Labute approximate surface area is 130 Å². The number of rotatable bonds is 8. The van der Waals surface area contributed by atoms with Gasteiger partial charge in [-0.3, -0.25) is 0 Å². The lowest BCUT2D eigenvalue weighted by Crippen LogP contribution is -2.40. The second-order valence-electron chi connectivity index (χ2n) is 6.03. The molecule has 22 heavy (non-hydrogen) atoms. The van der Waals surface area contributed by atoms with Gasteiger partial charge in [0.15, 0.2) is 0 Å². The Bertz CT molecular complexity index is 497. The van der Waals surface area contributed by atoms with E-state index in [9.17, 15) is 9.59 Å². The van der Waals surface area contributed by atoms with Crippen molar-refractivity contribution >= 4 is 12.0 Å². The van der Waals surface area contributed by atoms with Crippen molar-refractivity contribution in [2.24, 2.45) is 5.41 Å². The third kappa shape index (κ3) is 6.58. The van der Waals surface area contributed by atoms with E-state index in [1.807, 2.05) is 13.8 Å². The number of aliphatic hydroxyl groups excluding tert-OH is 1. The smallest absolute Gasteiger partial charge is 0.335 e. The SMILES string of the molecule is CC(C)(CCCO)CNC(=O)NCc1ccc(C(=O)O)cc1. The quantitative estimate of drug-likeness (QED) is 0.590. The molecule has 0 bridgehead atoms. The first-order chi connectivity index (χ1) is 10.3. The second kappa shape index (κ2) is 8.38. The van der Waals surface area contributed by atoms with Crippen molar-refractivity contribution in [2.45, 2.75) is 33.2 Å². The molecule has 2 amide bonds. The fourth-order valence-corrected chi connectivity index (χ4v) is 1.98. The van der Waals surface area contributed by atoms with Crippen LogP contribution in [-0.2, 0) is 6.54 Å². The molecular formula is C16H24N2O4. The minimum Gasteiger partial charge on any atom is -0.478 e. The van der Waals surface area contributed by atoms with Crippen molar-refractivity contribution < 1.29 is 19.8 Å². The largest absolute Gasteiger partial charge is 0.478 e. The van der Waals surface area contributed by atoms with Crippen LogP contribution < -0.4 is 10.6 Å². The molecule has 0 heterocycles. The summed E-state index contributed by atoms with van der Waals surface area (Å²) in [5.74, 6) is -0.970. The summed E-state index contributed by atoms with van der Waals surface area (Å²) in [7, 11) is 0. The monoisotopic (exact) mass is 308 g/mol. The highest BCUT2D eigenvalue weighted by atomic mass is 16.4. The number of nitrogens with one attached hydrogen (secondary N) is 2. The number of hydrogen-bond donors (Lipinski definition) is 4. The van der Waals surface area contributed by atoms with E-state index in [4.69, 9.17) is 10.2 Å². The van der Waals surface area contributed by atoms with Crippen LogP contribution in [0.3, 0.4) is 0 Å². The van der Waals surface area contributed by atoms with Gasteiger partial charge in [-0.1, -0.05) is 26.0 Å². The molecule has 0 unspecified atom stereocenters. The Morgan fingerprint density at radius 3 is 2.32 bits per heavy atom. The molecule has 6 heteroatoms. The summed E-state index contributed by atoms with van der Waals surface area (Å²) in [4.78, 5) is 22.5. The normalized spacial score (nSPS) is 11.0. The molecule has 0 fully saturated rings. The zero-order valence-electron chi connectivity index (χ0n) is 13.1. The van der Waals surface area contributed by atoms with Crippen LogP contribution in [0, 0.1) is 5.41 Å². The molecule has 0 aliphatic carbocycles. The number of carbonyl (C=O) groups is 2. The van der Waals surface area contributed by atoms with E-state index in [1.54, 1.807) is 12.1 Å². The summed E-state index contributed by atoms with van der Waals surface area (Å²) in [6.07, 6.45) is 1.55. The van der Waals surface area contributed by atoms with Crippen LogP contribution in [0.15, 0.2) is 24.3 Å².